The number of nitrogens with two attached hydrogens (primary N) is 1. The third-order valence-corrected chi connectivity index (χ3v) is 3.28. The Bertz CT molecular complexity index is 569. The van der Waals surface area contributed by atoms with Crippen LogP contribution in [-0.2, 0) is 11.3 Å². The first-order valence-corrected chi connectivity index (χ1v) is 7.03. The van der Waals surface area contributed by atoms with Crippen molar-refractivity contribution in [3.8, 4) is 0 Å². The van der Waals surface area contributed by atoms with Crippen molar-refractivity contribution in [2.75, 3.05) is 25.1 Å². The van der Waals surface area contributed by atoms with Gasteiger partial charge in [-0.05, 0) is 31.5 Å². The van der Waals surface area contributed by atoms with E-state index in [1.165, 1.54) is 0 Å². The maximum atomic E-state index is 5.85. The van der Waals surface area contributed by atoms with Crippen molar-refractivity contribution in [1.29, 1.82) is 0 Å². The summed E-state index contributed by atoms with van der Waals surface area (Å²) in [5.74, 6) is 0.941. The summed E-state index contributed by atoms with van der Waals surface area (Å²) >= 11 is 0. The number of pyridine rings is 1. The second-order valence-electron chi connectivity index (χ2n) is 5.20. The highest BCUT2D eigenvalue weighted by molar-refractivity contribution is 5.84. The molecule has 0 radical (unpaired) electrons. The van der Waals surface area contributed by atoms with E-state index in [9.17, 15) is 0 Å². The third kappa shape index (κ3) is 3.46. The minimum Gasteiger partial charge on any atom is -0.377 e. The Morgan fingerprint density at radius 3 is 2.75 bits per heavy atom. The molecule has 4 heteroatoms. The van der Waals surface area contributed by atoms with Crippen molar-refractivity contribution < 1.29 is 4.74 Å². The molecule has 0 saturated heterocycles. The number of ether oxygens (including phenoxy) is 1. The average Bonchev–Trinajstić information content (AvgIpc) is 2.45. The fraction of sp³-hybridized carbons (Fsp3) is 0.438. The van der Waals surface area contributed by atoms with E-state index in [1.807, 2.05) is 39.1 Å². The quantitative estimate of drug-likeness (QED) is 0.879. The maximum absolute atomic E-state index is 5.85. The van der Waals surface area contributed by atoms with E-state index in [4.69, 9.17) is 15.5 Å². The van der Waals surface area contributed by atoms with Gasteiger partial charge in [0.05, 0.1) is 18.2 Å². The van der Waals surface area contributed by atoms with Crippen LogP contribution in [0.1, 0.15) is 19.4 Å². The van der Waals surface area contributed by atoms with Crippen LogP contribution in [0.25, 0.3) is 10.9 Å². The summed E-state index contributed by atoms with van der Waals surface area (Å²) in [5.41, 5.74) is 7.97. The van der Waals surface area contributed by atoms with Gasteiger partial charge < -0.3 is 15.4 Å². The summed E-state index contributed by atoms with van der Waals surface area (Å²) in [6, 6.07) is 10.2. The Labute approximate surface area is 120 Å². The van der Waals surface area contributed by atoms with Crippen LogP contribution in [-0.4, -0.2) is 31.3 Å². The lowest BCUT2D eigenvalue weighted by Crippen LogP contribution is -2.25. The highest BCUT2D eigenvalue weighted by Crippen LogP contribution is 2.22. The summed E-state index contributed by atoms with van der Waals surface area (Å²) in [6.45, 7) is 6.11. The molecule has 1 aromatic carbocycles. The third-order valence-electron chi connectivity index (χ3n) is 3.28. The van der Waals surface area contributed by atoms with Crippen molar-refractivity contribution >= 4 is 16.7 Å². The van der Waals surface area contributed by atoms with Crippen LogP contribution >= 0.6 is 0 Å². The number of likely N-dealkylation sites (N-methyl/N-ethyl adjacent to an activating group) is 1. The van der Waals surface area contributed by atoms with Crippen molar-refractivity contribution in [3.05, 3.63) is 35.9 Å². The molecule has 0 aliphatic heterocycles. The zero-order valence-corrected chi connectivity index (χ0v) is 12.5. The lowest BCUT2D eigenvalue weighted by Gasteiger charge is -2.20. The smallest absolute Gasteiger partial charge is 0.129 e. The summed E-state index contributed by atoms with van der Waals surface area (Å²) in [4.78, 5) is 6.80. The van der Waals surface area contributed by atoms with Crippen LogP contribution in [0.15, 0.2) is 30.3 Å². The Morgan fingerprint density at radius 1 is 1.30 bits per heavy atom. The van der Waals surface area contributed by atoms with Gasteiger partial charge in [0.2, 0.25) is 0 Å². The van der Waals surface area contributed by atoms with Crippen molar-refractivity contribution in [2.45, 2.75) is 26.5 Å². The molecule has 4 nitrogen and oxygen atoms in total. The molecule has 0 atom stereocenters. The van der Waals surface area contributed by atoms with Crippen LogP contribution in [0.2, 0.25) is 0 Å². The van der Waals surface area contributed by atoms with Gasteiger partial charge in [0.1, 0.15) is 5.82 Å². The molecule has 0 bridgehead atoms. The number of benzene rings is 1. The molecular weight excluding hydrogens is 250 g/mol. The van der Waals surface area contributed by atoms with Crippen LogP contribution in [0.3, 0.4) is 0 Å². The highest BCUT2D eigenvalue weighted by Gasteiger charge is 2.08. The second kappa shape index (κ2) is 6.68. The fourth-order valence-electron chi connectivity index (χ4n) is 2.14. The number of hydrogen-bond donors (Lipinski definition) is 1. The molecule has 108 valence electrons. The second-order valence-corrected chi connectivity index (χ2v) is 5.20. The van der Waals surface area contributed by atoms with Crippen molar-refractivity contribution in [3.63, 3.8) is 0 Å². The maximum Gasteiger partial charge on any atom is 0.129 e. The van der Waals surface area contributed by atoms with Gasteiger partial charge in [-0.2, -0.15) is 0 Å². The number of nitrogens with zero attached hydrogens (tertiary/aromatic N) is 2. The first-order valence-electron chi connectivity index (χ1n) is 7.03. The van der Waals surface area contributed by atoms with Crippen LogP contribution in [0.5, 0.6) is 0 Å². The topological polar surface area (TPSA) is 51.4 Å². The summed E-state index contributed by atoms with van der Waals surface area (Å²) in [6.07, 6.45) is 0.257. The number of rotatable bonds is 6. The van der Waals surface area contributed by atoms with E-state index in [0.29, 0.717) is 13.2 Å². The monoisotopic (exact) mass is 273 g/mol. The first-order chi connectivity index (χ1) is 9.61. The predicted molar refractivity (Wildman–Crippen MR) is 84.0 cm³/mol. The Morgan fingerprint density at radius 2 is 2.05 bits per heavy atom. The molecule has 2 rings (SSSR count). The summed E-state index contributed by atoms with van der Waals surface area (Å²) in [7, 11) is 2.03. The standard InChI is InChI=1S/C16H23N3O/c1-12(2)20-9-8-19(3)16-10-13(11-17)14-6-4-5-7-15(14)18-16/h4-7,10,12H,8-9,11,17H2,1-3H3. The van der Waals surface area contributed by atoms with E-state index >= 15 is 0 Å². The van der Waals surface area contributed by atoms with Crippen molar-refractivity contribution in [2.24, 2.45) is 5.73 Å². The minimum atomic E-state index is 0.257. The van der Waals surface area contributed by atoms with Gasteiger partial charge in [-0.3, -0.25) is 0 Å². The molecule has 1 aromatic heterocycles. The van der Waals surface area contributed by atoms with E-state index < -0.39 is 0 Å². The lowest BCUT2D eigenvalue weighted by atomic mass is 10.1. The molecule has 0 amide bonds. The number of fused-ring (bicyclic) bond motifs is 1. The van der Waals surface area contributed by atoms with Crippen LogP contribution in [0, 0.1) is 0 Å². The van der Waals surface area contributed by atoms with Crippen molar-refractivity contribution in [1.82, 2.24) is 4.98 Å². The minimum absolute atomic E-state index is 0.257. The molecule has 0 fully saturated rings. The van der Waals surface area contributed by atoms with Gasteiger partial charge in [-0.25, -0.2) is 4.98 Å². The fourth-order valence-corrected chi connectivity index (χ4v) is 2.14. The molecule has 0 aliphatic rings. The predicted octanol–water partition coefficient (Wildman–Crippen LogP) is 2.55. The van der Waals surface area contributed by atoms with E-state index in [1.54, 1.807) is 0 Å². The molecule has 1 heterocycles. The van der Waals surface area contributed by atoms with Gasteiger partial charge >= 0.3 is 0 Å². The zero-order valence-electron chi connectivity index (χ0n) is 12.5. The Balaban J connectivity index is 2.21. The van der Waals surface area contributed by atoms with Gasteiger partial charge in [0, 0.05) is 25.5 Å². The molecule has 0 spiro atoms. The van der Waals surface area contributed by atoms with Gasteiger partial charge in [-0.1, -0.05) is 18.2 Å². The van der Waals surface area contributed by atoms with Gasteiger partial charge in [0.25, 0.3) is 0 Å². The first kappa shape index (κ1) is 14.8. The van der Waals surface area contributed by atoms with E-state index in [0.717, 1.165) is 28.8 Å². The van der Waals surface area contributed by atoms with Crippen LogP contribution in [0.4, 0.5) is 5.82 Å². The zero-order chi connectivity index (χ0) is 14.5. The normalized spacial score (nSPS) is 11.2. The molecule has 0 saturated carbocycles. The van der Waals surface area contributed by atoms with E-state index in [-0.39, 0.29) is 6.10 Å². The molecule has 0 aliphatic carbocycles. The number of anilines is 1. The Kier molecular flexibility index (Phi) is 4.93. The lowest BCUT2D eigenvalue weighted by molar-refractivity contribution is 0.0845. The number of para-hydroxylation sites is 1. The van der Waals surface area contributed by atoms with Crippen LogP contribution < -0.4 is 10.6 Å². The molecule has 2 N–H and O–H groups in total. The molecule has 2 aromatic rings. The van der Waals surface area contributed by atoms with E-state index in [2.05, 4.69) is 17.0 Å². The largest absolute Gasteiger partial charge is 0.377 e. The number of aromatic nitrogens is 1. The molecule has 0 unspecified atom stereocenters. The SMILES string of the molecule is CC(C)OCCN(C)c1cc(CN)c2ccccc2n1. The van der Waals surface area contributed by atoms with Gasteiger partial charge in [0.15, 0.2) is 0 Å². The highest BCUT2D eigenvalue weighted by atomic mass is 16.5. The molecule has 20 heavy (non-hydrogen) atoms. The summed E-state index contributed by atoms with van der Waals surface area (Å²) < 4.78 is 5.58. The van der Waals surface area contributed by atoms with Gasteiger partial charge in [-0.15, -0.1) is 0 Å². The molecular formula is C16H23N3O. The Hall–Kier alpha value is -1.65. The number of hydrogen-bond acceptors (Lipinski definition) is 4. The summed E-state index contributed by atoms with van der Waals surface area (Å²) in [5, 5.41) is 1.13. The average molecular weight is 273 g/mol.